The Kier molecular flexibility index (Phi) is 5.54. The number of aromatic nitrogens is 2. The molecule has 2 aliphatic rings. The molecule has 168 valence electrons. The third-order valence-corrected chi connectivity index (χ3v) is 7.35. The molecule has 2 aromatic rings. The van der Waals surface area contributed by atoms with Crippen LogP contribution in [0.5, 0.6) is 0 Å². The molecule has 1 unspecified atom stereocenters. The first-order valence-electron chi connectivity index (χ1n) is 11.0. The average Bonchev–Trinajstić information content (AvgIpc) is 2.87. The molecule has 2 aliphatic heterocycles. The smallest absolute Gasteiger partial charge is 0.408 e. The van der Waals surface area contributed by atoms with Gasteiger partial charge in [0.25, 0.3) is 5.56 Å². The van der Waals surface area contributed by atoms with Gasteiger partial charge in [-0.25, -0.2) is 9.78 Å². The Hall–Kier alpha value is -2.12. The van der Waals surface area contributed by atoms with Gasteiger partial charge in [-0.05, 0) is 72.6 Å². The molecule has 0 radical (unpaired) electrons. The van der Waals surface area contributed by atoms with Crippen LogP contribution in [0.25, 0.3) is 10.9 Å². The maximum Gasteiger partial charge on any atom is 0.408 e. The van der Waals surface area contributed by atoms with Crippen molar-refractivity contribution in [3.05, 3.63) is 39.4 Å². The largest absolute Gasteiger partial charge is 0.465 e. The van der Waals surface area contributed by atoms with Crippen LogP contribution in [0.15, 0.2) is 23.0 Å². The molecule has 1 amide bonds. The summed E-state index contributed by atoms with van der Waals surface area (Å²) in [6, 6.07) is 5.48. The molecule has 2 saturated heterocycles. The number of carbonyl (C=O) groups is 1. The van der Waals surface area contributed by atoms with E-state index in [1.54, 1.807) is 22.8 Å². The fraction of sp³-hybridized carbons (Fsp3) is 0.609. The lowest BCUT2D eigenvalue weighted by molar-refractivity contribution is 0.0680. The molecule has 8 heteroatoms. The number of amides is 1. The highest BCUT2D eigenvalue weighted by Crippen LogP contribution is 2.41. The van der Waals surface area contributed by atoms with Gasteiger partial charge in [0.15, 0.2) is 0 Å². The summed E-state index contributed by atoms with van der Waals surface area (Å²) in [7, 11) is 2.16. The van der Waals surface area contributed by atoms with Crippen molar-refractivity contribution in [3.8, 4) is 0 Å². The lowest BCUT2D eigenvalue weighted by Gasteiger charge is -2.41. The van der Waals surface area contributed by atoms with Crippen LogP contribution in [0.3, 0.4) is 0 Å². The summed E-state index contributed by atoms with van der Waals surface area (Å²) in [4.78, 5) is 34.6. The Balaban J connectivity index is 1.93. The van der Waals surface area contributed by atoms with Crippen LogP contribution in [0.2, 0.25) is 5.02 Å². The number of rotatable bonds is 3. The van der Waals surface area contributed by atoms with Gasteiger partial charge in [0.05, 0.1) is 22.0 Å². The van der Waals surface area contributed by atoms with Gasteiger partial charge >= 0.3 is 6.09 Å². The number of piperidine rings is 1. The normalized spacial score (nSPS) is 25.0. The van der Waals surface area contributed by atoms with Gasteiger partial charge in [-0.1, -0.05) is 17.7 Å². The first-order chi connectivity index (χ1) is 14.5. The molecule has 2 fully saturated rings. The van der Waals surface area contributed by atoms with Crippen molar-refractivity contribution in [2.24, 2.45) is 0 Å². The van der Waals surface area contributed by atoms with Crippen molar-refractivity contribution in [1.82, 2.24) is 19.4 Å². The van der Waals surface area contributed by atoms with Crippen LogP contribution in [-0.4, -0.2) is 55.2 Å². The predicted molar refractivity (Wildman–Crippen MR) is 122 cm³/mol. The van der Waals surface area contributed by atoms with Crippen LogP contribution >= 0.6 is 11.6 Å². The van der Waals surface area contributed by atoms with Crippen molar-refractivity contribution in [2.45, 2.75) is 83.1 Å². The van der Waals surface area contributed by atoms with Gasteiger partial charge < -0.3 is 10.0 Å². The van der Waals surface area contributed by atoms with E-state index in [0.717, 1.165) is 25.7 Å². The van der Waals surface area contributed by atoms with E-state index in [9.17, 15) is 14.7 Å². The van der Waals surface area contributed by atoms with Crippen molar-refractivity contribution < 1.29 is 9.90 Å². The van der Waals surface area contributed by atoms with Gasteiger partial charge in [-0.3, -0.25) is 14.3 Å². The minimum Gasteiger partial charge on any atom is -0.465 e. The summed E-state index contributed by atoms with van der Waals surface area (Å²) in [5.41, 5.74) is -0.320. The molecule has 7 nitrogen and oxygen atoms in total. The van der Waals surface area contributed by atoms with Gasteiger partial charge in [-0.15, -0.1) is 0 Å². The maximum absolute atomic E-state index is 13.8. The Bertz CT molecular complexity index is 1060. The van der Waals surface area contributed by atoms with Crippen molar-refractivity contribution in [2.75, 3.05) is 7.05 Å². The molecule has 1 N–H and O–H groups in total. The quantitative estimate of drug-likeness (QED) is 0.740. The molecule has 4 atom stereocenters. The van der Waals surface area contributed by atoms with E-state index in [2.05, 4.69) is 11.9 Å². The minimum atomic E-state index is -1.03. The topological polar surface area (TPSA) is 78.7 Å². The monoisotopic (exact) mass is 446 g/mol. The third-order valence-electron chi connectivity index (χ3n) is 7.03. The molecule has 1 aromatic carbocycles. The van der Waals surface area contributed by atoms with Crippen LogP contribution in [-0.2, 0) is 0 Å². The first-order valence-corrected chi connectivity index (χ1v) is 11.3. The fourth-order valence-electron chi connectivity index (χ4n) is 5.61. The van der Waals surface area contributed by atoms with Crippen LogP contribution in [0.4, 0.5) is 4.79 Å². The van der Waals surface area contributed by atoms with Gasteiger partial charge in [0.1, 0.15) is 5.82 Å². The Morgan fingerprint density at radius 3 is 2.39 bits per heavy atom. The molecule has 31 heavy (non-hydrogen) atoms. The summed E-state index contributed by atoms with van der Waals surface area (Å²) in [5, 5.41) is 10.8. The lowest BCUT2D eigenvalue weighted by Crippen LogP contribution is -2.49. The van der Waals surface area contributed by atoms with E-state index in [4.69, 9.17) is 16.6 Å². The highest BCUT2D eigenvalue weighted by Gasteiger charge is 2.42. The second kappa shape index (κ2) is 7.78. The molecule has 3 heterocycles. The van der Waals surface area contributed by atoms with Gasteiger partial charge in [0, 0.05) is 23.7 Å². The van der Waals surface area contributed by atoms with Crippen LogP contribution in [0, 0.1) is 0 Å². The zero-order valence-corrected chi connectivity index (χ0v) is 19.6. The molecule has 4 rings (SSSR count). The highest BCUT2D eigenvalue weighted by molar-refractivity contribution is 6.35. The zero-order chi connectivity index (χ0) is 22.7. The van der Waals surface area contributed by atoms with Gasteiger partial charge in [0.2, 0.25) is 0 Å². The average molecular weight is 447 g/mol. The molecule has 0 spiro atoms. The predicted octanol–water partition coefficient (Wildman–Crippen LogP) is 4.69. The summed E-state index contributed by atoms with van der Waals surface area (Å²) < 4.78 is 1.76. The number of hydrogen-bond donors (Lipinski definition) is 1. The zero-order valence-electron chi connectivity index (χ0n) is 18.8. The van der Waals surface area contributed by atoms with E-state index in [-0.39, 0.29) is 11.6 Å². The van der Waals surface area contributed by atoms with E-state index in [0.29, 0.717) is 33.8 Å². The Labute approximate surface area is 187 Å². The van der Waals surface area contributed by atoms with Crippen molar-refractivity contribution >= 4 is 28.6 Å². The molecule has 1 aromatic heterocycles. The summed E-state index contributed by atoms with van der Waals surface area (Å²) in [5.74, 6) is 0.492. The third kappa shape index (κ3) is 3.72. The summed E-state index contributed by atoms with van der Waals surface area (Å²) in [6.45, 7) is 7.38. The number of benzene rings is 1. The Morgan fingerprint density at radius 1 is 1.23 bits per heavy atom. The standard InChI is InChI=1S/C23H31ClN4O3/c1-13(28(22(30)31)23(2,3)4)20-25-18-8-6-7-17(24)19(18)21(29)27(20)16-11-14-9-10-15(12-16)26(14)5/h6-8,13-16H,9-12H2,1-5H3,(H,30,31)/t13-,14-,15+,16?/m0/s1. The fourth-order valence-corrected chi connectivity index (χ4v) is 5.86. The van der Waals surface area contributed by atoms with Gasteiger partial charge in [-0.2, -0.15) is 0 Å². The van der Waals surface area contributed by atoms with Crippen molar-refractivity contribution in [1.29, 1.82) is 0 Å². The Morgan fingerprint density at radius 2 is 1.84 bits per heavy atom. The second-order valence-electron chi connectivity index (χ2n) is 9.95. The van der Waals surface area contributed by atoms with E-state index < -0.39 is 17.7 Å². The van der Waals surface area contributed by atoms with E-state index in [1.165, 1.54) is 4.90 Å². The van der Waals surface area contributed by atoms with Crippen molar-refractivity contribution in [3.63, 3.8) is 0 Å². The molecular weight excluding hydrogens is 416 g/mol. The molecule has 2 bridgehead atoms. The summed E-state index contributed by atoms with van der Waals surface area (Å²) >= 11 is 6.42. The SMILES string of the molecule is C[C@@H](c1nc2cccc(Cl)c2c(=O)n1C1C[C@H]2CC[C@@H](C1)N2C)N(C(=O)O)C(C)(C)C. The van der Waals surface area contributed by atoms with Crippen LogP contribution < -0.4 is 5.56 Å². The number of fused-ring (bicyclic) bond motifs is 3. The molecule has 0 saturated carbocycles. The van der Waals surface area contributed by atoms with Crippen LogP contribution in [0.1, 0.15) is 71.3 Å². The van der Waals surface area contributed by atoms with E-state index >= 15 is 0 Å². The molecule has 0 aliphatic carbocycles. The highest BCUT2D eigenvalue weighted by atomic mass is 35.5. The summed E-state index contributed by atoms with van der Waals surface area (Å²) in [6.07, 6.45) is 2.93. The first kappa shape index (κ1) is 22.1. The molecular formula is C23H31ClN4O3. The van der Waals surface area contributed by atoms with E-state index in [1.807, 2.05) is 27.7 Å². The second-order valence-corrected chi connectivity index (χ2v) is 10.4. The number of halogens is 1. The minimum absolute atomic E-state index is 0.0255. The number of nitrogens with zero attached hydrogens (tertiary/aromatic N) is 4. The maximum atomic E-state index is 13.8. The number of carboxylic acid groups (broad SMARTS) is 1. The lowest BCUT2D eigenvalue weighted by atomic mass is 9.96. The number of hydrogen-bond acceptors (Lipinski definition) is 4.